The van der Waals surface area contributed by atoms with Gasteiger partial charge in [0, 0.05) is 44.5 Å². The van der Waals surface area contributed by atoms with Gasteiger partial charge in [0.2, 0.25) is 0 Å². The molecule has 2 unspecified atom stereocenters. The molecule has 1 amide bonds. The Morgan fingerprint density at radius 1 is 1.10 bits per heavy atom. The number of methoxy groups -OCH3 is 1. The highest BCUT2D eigenvalue weighted by atomic mass is 19.4. The lowest BCUT2D eigenvalue weighted by Crippen LogP contribution is -2.59. The Labute approximate surface area is 223 Å². The summed E-state index contributed by atoms with van der Waals surface area (Å²) in [6.45, 7) is 2.97. The monoisotopic (exact) mass is 581 g/mol. The van der Waals surface area contributed by atoms with Crippen LogP contribution in [0.1, 0.15) is 17.0 Å². The maximum absolute atomic E-state index is 13.4. The lowest BCUT2D eigenvalue weighted by Gasteiger charge is -2.42. The van der Waals surface area contributed by atoms with Crippen LogP contribution in [-0.4, -0.2) is 89.2 Å². The molecular formula is C24H25F6N3O7. The summed E-state index contributed by atoms with van der Waals surface area (Å²) in [4.78, 5) is 37.3. The molecular weight excluding hydrogens is 556 g/mol. The number of alkyl halides is 6. The van der Waals surface area contributed by atoms with Crippen molar-refractivity contribution in [3.8, 4) is 5.75 Å². The number of aliphatic carboxylic acids is 2. The summed E-state index contributed by atoms with van der Waals surface area (Å²) >= 11 is 0. The molecule has 2 aliphatic rings. The number of ether oxygens (including phenoxy) is 2. The number of halogens is 6. The van der Waals surface area contributed by atoms with Gasteiger partial charge in [-0.15, -0.1) is 0 Å². The molecule has 1 aromatic heterocycles. The normalized spacial score (nSPS) is 20.6. The van der Waals surface area contributed by atoms with Crippen molar-refractivity contribution in [2.24, 2.45) is 0 Å². The predicted octanol–water partition coefficient (Wildman–Crippen LogP) is 2.84. The van der Waals surface area contributed by atoms with E-state index in [1.54, 1.807) is 13.3 Å². The number of amides is 1. The summed E-state index contributed by atoms with van der Waals surface area (Å²) < 4.78 is 74.8. The third kappa shape index (κ3) is 8.54. The maximum Gasteiger partial charge on any atom is 0.490 e. The molecule has 10 nitrogen and oxygen atoms in total. The van der Waals surface area contributed by atoms with Gasteiger partial charge in [0.15, 0.2) is 5.60 Å². The highest BCUT2D eigenvalue weighted by molar-refractivity contribution is 5.88. The van der Waals surface area contributed by atoms with Crippen molar-refractivity contribution >= 4 is 17.8 Å². The first kappa shape index (κ1) is 32.3. The third-order valence-corrected chi connectivity index (χ3v) is 5.77. The van der Waals surface area contributed by atoms with E-state index >= 15 is 0 Å². The first-order valence-electron chi connectivity index (χ1n) is 11.4. The molecule has 2 fully saturated rings. The van der Waals surface area contributed by atoms with E-state index in [0.29, 0.717) is 32.8 Å². The number of hydrogen-bond acceptors (Lipinski definition) is 7. The number of nitrogens with zero attached hydrogens (tertiary/aromatic N) is 2. The minimum absolute atomic E-state index is 0.0256. The van der Waals surface area contributed by atoms with Gasteiger partial charge in [-0.3, -0.25) is 9.78 Å². The molecule has 3 heterocycles. The summed E-state index contributed by atoms with van der Waals surface area (Å²) in [6.07, 6.45) is -6.59. The fourth-order valence-corrected chi connectivity index (χ4v) is 3.91. The largest absolute Gasteiger partial charge is 0.497 e. The van der Waals surface area contributed by atoms with Crippen LogP contribution in [0, 0.1) is 0 Å². The predicted molar refractivity (Wildman–Crippen MR) is 124 cm³/mol. The van der Waals surface area contributed by atoms with E-state index < -0.39 is 29.9 Å². The fourth-order valence-electron chi connectivity index (χ4n) is 3.91. The van der Waals surface area contributed by atoms with Gasteiger partial charge >= 0.3 is 24.3 Å². The fraction of sp³-hybridized carbons (Fsp3) is 0.417. The summed E-state index contributed by atoms with van der Waals surface area (Å²) in [5.41, 5.74) is 1.28. The van der Waals surface area contributed by atoms with E-state index in [0.717, 1.165) is 16.9 Å². The first-order chi connectivity index (χ1) is 18.6. The van der Waals surface area contributed by atoms with Crippen LogP contribution >= 0.6 is 0 Å². The molecule has 2 aromatic rings. The Balaban J connectivity index is 0.000000333. The van der Waals surface area contributed by atoms with E-state index in [9.17, 15) is 31.1 Å². The highest BCUT2D eigenvalue weighted by Crippen LogP contribution is 2.38. The molecule has 0 bridgehead atoms. The van der Waals surface area contributed by atoms with Crippen LogP contribution in [0.4, 0.5) is 26.3 Å². The molecule has 40 heavy (non-hydrogen) atoms. The molecule has 220 valence electrons. The molecule has 0 radical (unpaired) electrons. The van der Waals surface area contributed by atoms with E-state index in [-0.39, 0.29) is 11.8 Å². The smallest absolute Gasteiger partial charge is 0.490 e. The molecule has 0 saturated carbocycles. The number of pyridine rings is 1. The number of carboxylic acid groups (broad SMARTS) is 2. The van der Waals surface area contributed by atoms with Gasteiger partial charge in [-0.2, -0.15) is 26.3 Å². The average molecular weight is 581 g/mol. The Hall–Kier alpha value is -3.92. The van der Waals surface area contributed by atoms with Crippen molar-refractivity contribution in [3.63, 3.8) is 0 Å². The van der Waals surface area contributed by atoms with Gasteiger partial charge in [0.05, 0.1) is 13.7 Å². The van der Waals surface area contributed by atoms with Crippen molar-refractivity contribution < 1.29 is 60.4 Å². The second-order valence-corrected chi connectivity index (χ2v) is 8.39. The molecule has 2 atom stereocenters. The average Bonchev–Trinajstić information content (AvgIpc) is 3.32. The summed E-state index contributed by atoms with van der Waals surface area (Å²) in [6, 6.07) is 11.8. The first-order valence-corrected chi connectivity index (χ1v) is 11.4. The zero-order chi connectivity index (χ0) is 30.1. The zero-order valence-corrected chi connectivity index (χ0v) is 20.8. The van der Waals surface area contributed by atoms with Gasteiger partial charge in [0.1, 0.15) is 5.75 Å². The van der Waals surface area contributed by atoms with Crippen LogP contribution in [0.3, 0.4) is 0 Å². The SMILES string of the molecule is COc1ccc(CN2CCOC3(CNCC3c3cccnc3)C2=O)cc1.O=C(O)C(F)(F)F.O=C(O)C(F)(F)F. The minimum Gasteiger partial charge on any atom is -0.497 e. The Bertz CT molecular complexity index is 1120. The highest BCUT2D eigenvalue weighted by Gasteiger charge is 2.54. The van der Waals surface area contributed by atoms with Crippen LogP contribution in [0.15, 0.2) is 48.8 Å². The van der Waals surface area contributed by atoms with Crippen molar-refractivity contribution in [1.29, 1.82) is 0 Å². The van der Waals surface area contributed by atoms with Crippen molar-refractivity contribution in [3.05, 3.63) is 59.9 Å². The lowest BCUT2D eigenvalue weighted by molar-refractivity contribution is -0.193. The number of nitrogens with one attached hydrogen (secondary N) is 1. The topological polar surface area (TPSA) is 138 Å². The maximum atomic E-state index is 13.4. The molecule has 2 saturated heterocycles. The third-order valence-electron chi connectivity index (χ3n) is 5.77. The van der Waals surface area contributed by atoms with Gasteiger partial charge in [-0.25, -0.2) is 9.59 Å². The number of benzene rings is 1. The van der Waals surface area contributed by atoms with Gasteiger partial charge in [-0.05, 0) is 29.3 Å². The van der Waals surface area contributed by atoms with Crippen molar-refractivity contribution in [1.82, 2.24) is 15.2 Å². The van der Waals surface area contributed by atoms with Crippen LogP contribution in [0.25, 0.3) is 0 Å². The molecule has 3 N–H and O–H groups in total. The number of morpholine rings is 1. The second-order valence-electron chi connectivity index (χ2n) is 8.39. The van der Waals surface area contributed by atoms with Crippen LogP contribution in [0.2, 0.25) is 0 Å². The van der Waals surface area contributed by atoms with Crippen LogP contribution in [0.5, 0.6) is 5.75 Å². The van der Waals surface area contributed by atoms with E-state index in [1.807, 2.05) is 47.5 Å². The molecule has 0 aliphatic carbocycles. The zero-order valence-electron chi connectivity index (χ0n) is 20.8. The van der Waals surface area contributed by atoms with Gasteiger partial charge in [-0.1, -0.05) is 18.2 Å². The minimum atomic E-state index is -5.08. The number of hydrogen-bond donors (Lipinski definition) is 3. The second kappa shape index (κ2) is 13.4. The van der Waals surface area contributed by atoms with E-state index in [1.165, 1.54) is 0 Å². The summed E-state index contributed by atoms with van der Waals surface area (Å²) in [5, 5.41) is 17.6. The molecule has 4 rings (SSSR count). The quantitative estimate of drug-likeness (QED) is 0.466. The van der Waals surface area contributed by atoms with E-state index in [2.05, 4.69) is 10.3 Å². The van der Waals surface area contributed by atoms with Gasteiger partial charge < -0.3 is 29.9 Å². The number of carbonyl (C=O) groups is 3. The Morgan fingerprint density at radius 3 is 2.15 bits per heavy atom. The van der Waals surface area contributed by atoms with Gasteiger partial charge in [0.25, 0.3) is 5.91 Å². The Morgan fingerprint density at radius 2 is 1.68 bits per heavy atom. The van der Waals surface area contributed by atoms with Crippen LogP contribution in [-0.2, 0) is 25.7 Å². The number of aromatic nitrogens is 1. The number of carboxylic acids is 2. The Kier molecular flexibility index (Phi) is 10.8. The number of carbonyl (C=O) groups excluding carboxylic acids is 1. The molecule has 1 spiro atoms. The van der Waals surface area contributed by atoms with Crippen molar-refractivity contribution in [2.75, 3.05) is 33.4 Å². The number of rotatable bonds is 4. The van der Waals surface area contributed by atoms with E-state index in [4.69, 9.17) is 29.3 Å². The molecule has 16 heteroatoms. The summed E-state index contributed by atoms with van der Waals surface area (Å²) in [5.74, 6) is -4.67. The van der Waals surface area contributed by atoms with Crippen LogP contribution < -0.4 is 10.1 Å². The molecule has 2 aliphatic heterocycles. The lowest BCUT2D eigenvalue weighted by atomic mass is 9.83. The summed E-state index contributed by atoms with van der Waals surface area (Å²) in [7, 11) is 1.65. The molecule has 1 aromatic carbocycles. The van der Waals surface area contributed by atoms with Crippen molar-refractivity contribution in [2.45, 2.75) is 30.4 Å². The standard InChI is InChI=1S/C20H23N3O3.2C2HF3O2/c1-25-17-6-4-15(5-7-17)13-23-9-10-26-20(19(23)24)14-22-12-18(20)16-3-2-8-21-11-16;2*3-2(4,5)1(6)7/h2-8,11,18,22H,9-10,12-14H2,1H3;2*(H,6,7).